The first kappa shape index (κ1) is 31.3. The highest BCUT2D eigenvalue weighted by atomic mass is 16.5. The van der Waals surface area contributed by atoms with E-state index in [0.717, 1.165) is 16.7 Å². The second kappa shape index (κ2) is 15.4. The molecule has 0 saturated carbocycles. The minimum Gasteiger partial charge on any atom is -0.461 e. The standard InChI is InChI=1S/C45H44N6O3/c1-5-18-39-46-41(44(3,4)53)40(43(52)54-6-2)50(39)31-32-27-29-33(30-28-32)37-25-16-17-26-38(37)42-47-48-49-51(42)45(34-19-10-7-11-20-34,35-21-12-8-13-22-35)36-23-14-9-15-24-36/h7-17,19-30,53H,5-6,18,31H2,1-4H3/i27D,28D,29D,30D. The van der Waals surface area contributed by atoms with E-state index in [9.17, 15) is 15.4 Å². The van der Waals surface area contributed by atoms with Crippen LogP contribution in [0.5, 0.6) is 0 Å². The van der Waals surface area contributed by atoms with Crippen LogP contribution in [0.2, 0.25) is 0 Å². The molecule has 0 aliphatic rings. The van der Waals surface area contributed by atoms with E-state index in [4.69, 9.17) is 4.74 Å². The quantitative estimate of drug-likeness (QED) is 0.0941. The molecule has 272 valence electrons. The van der Waals surface area contributed by atoms with Gasteiger partial charge in [-0.05, 0) is 71.0 Å². The molecule has 0 fully saturated rings. The van der Waals surface area contributed by atoms with Crippen LogP contribution in [-0.2, 0) is 28.8 Å². The zero-order valence-electron chi connectivity index (χ0n) is 34.7. The number of aromatic nitrogens is 6. The number of aryl methyl sites for hydroxylation is 1. The molecule has 0 aliphatic heterocycles. The van der Waals surface area contributed by atoms with Gasteiger partial charge < -0.3 is 14.4 Å². The normalized spacial score (nSPS) is 12.8. The summed E-state index contributed by atoms with van der Waals surface area (Å²) in [4.78, 5) is 18.1. The van der Waals surface area contributed by atoms with Crippen LogP contribution >= 0.6 is 0 Å². The van der Waals surface area contributed by atoms with Gasteiger partial charge in [-0.3, -0.25) is 0 Å². The van der Waals surface area contributed by atoms with E-state index in [1.165, 1.54) is 13.8 Å². The number of carbonyl (C=O) groups is 1. The van der Waals surface area contributed by atoms with Gasteiger partial charge in [0.15, 0.2) is 11.5 Å². The second-order valence-corrected chi connectivity index (χ2v) is 13.5. The number of benzene rings is 5. The molecular formula is C45H44N6O3. The lowest BCUT2D eigenvalue weighted by Crippen LogP contribution is -2.39. The summed E-state index contributed by atoms with van der Waals surface area (Å²) in [5.74, 6) is 0.0964. The van der Waals surface area contributed by atoms with Crippen molar-refractivity contribution in [1.82, 2.24) is 29.8 Å². The van der Waals surface area contributed by atoms with E-state index >= 15 is 0 Å². The van der Waals surface area contributed by atoms with Crippen molar-refractivity contribution in [3.05, 3.63) is 179 Å². The van der Waals surface area contributed by atoms with Gasteiger partial charge in [-0.2, -0.15) is 0 Å². The maximum absolute atomic E-state index is 13.4. The average molecular weight is 721 g/mol. The van der Waals surface area contributed by atoms with Crippen molar-refractivity contribution < 1.29 is 20.1 Å². The third kappa shape index (κ3) is 6.74. The SMILES string of the molecule is [2H]c1c([2H])c(-c2ccccc2-c2nnnn2C(c2ccccc2)(c2ccccc2)c2ccccc2)c([2H])c([2H])c1Cn1c(CCC)nc(C(C)(C)O)c1C(=O)OCC. The molecule has 0 saturated heterocycles. The van der Waals surface area contributed by atoms with Gasteiger partial charge in [0, 0.05) is 18.5 Å². The van der Waals surface area contributed by atoms with Gasteiger partial charge in [-0.25, -0.2) is 14.5 Å². The lowest BCUT2D eigenvalue weighted by atomic mass is 9.77. The molecule has 0 amide bonds. The number of hydrogen-bond donors (Lipinski definition) is 1. The first-order valence-electron chi connectivity index (χ1n) is 20.1. The van der Waals surface area contributed by atoms with Crippen LogP contribution in [0, 0.1) is 0 Å². The molecule has 5 aromatic carbocycles. The van der Waals surface area contributed by atoms with E-state index < -0.39 is 17.1 Å². The van der Waals surface area contributed by atoms with Crippen LogP contribution in [0.1, 0.15) is 83.9 Å². The summed E-state index contributed by atoms with van der Waals surface area (Å²) in [6, 6.07) is 35.9. The van der Waals surface area contributed by atoms with Gasteiger partial charge in [0.2, 0.25) is 0 Å². The molecule has 2 aromatic heterocycles. The lowest BCUT2D eigenvalue weighted by Gasteiger charge is -2.36. The van der Waals surface area contributed by atoms with Gasteiger partial charge >= 0.3 is 5.97 Å². The fourth-order valence-electron chi connectivity index (χ4n) is 7.01. The first-order chi connectivity index (χ1) is 27.9. The van der Waals surface area contributed by atoms with Crippen LogP contribution in [0.15, 0.2) is 139 Å². The Morgan fingerprint density at radius 2 is 1.31 bits per heavy atom. The Labute approximate surface area is 321 Å². The third-order valence-corrected chi connectivity index (χ3v) is 9.36. The molecule has 0 aliphatic carbocycles. The Hall–Kier alpha value is -6.19. The number of imidazole rings is 1. The molecular weight excluding hydrogens is 673 g/mol. The van der Waals surface area contributed by atoms with E-state index in [1.54, 1.807) is 28.3 Å². The smallest absolute Gasteiger partial charge is 0.357 e. The Balaban J connectivity index is 1.44. The molecule has 1 N–H and O–H groups in total. The lowest BCUT2D eigenvalue weighted by molar-refractivity contribution is 0.0469. The van der Waals surface area contributed by atoms with Crippen molar-refractivity contribution in [2.45, 2.75) is 58.2 Å². The largest absolute Gasteiger partial charge is 0.461 e. The highest BCUT2D eigenvalue weighted by Crippen LogP contribution is 2.43. The molecule has 0 atom stereocenters. The van der Waals surface area contributed by atoms with Crippen molar-refractivity contribution in [2.24, 2.45) is 0 Å². The molecule has 0 radical (unpaired) electrons. The van der Waals surface area contributed by atoms with Gasteiger partial charge in [-0.15, -0.1) is 5.10 Å². The van der Waals surface area contributed by atoms with Gasteiger partial charge in [0.25, 0.3) is 0 Å². The van der Waals surface area contributed by atoms with E-state index in [2.05, 4.69) is 20.5 Å². The molecule has 54 heavy (non-hydrogen) atoms. The number of carbonyl (C=O) groups excluding carboxylic acids is 1. The van der Waals surface area contributed by atoms with Crippen molar-refractivity contribution in [3.63, 3.8) is 0 Å². The zero-order chi connectivity index (χ0) is 41.2. The Bertz CT molecular complexity index is 2450. The number of tetrazole rings is 1. The average Bonchev–Trinajstić information content (AvgIpc) is 3.87. The van der Waals surface area contributed by atoms with Crippen molar-refractivity contribution in [3.8, 4) is 22.5 Å². The predicted octanol–water partition coefficient (Wildman–Crippen LogP) is 8.45. The first-order valence-corrected chi connectivity index (χ1v) is 18.1. The highest BCUT2D eigenvalue weighted by Gasteiger charge is 2.42. The Morgan fingerprint density at radius 3 is 1.83 bits per heavy atom. The van der Waals surface area contributed by atoms with Crippen LogP contribution in [0.3, 0.4) is 0 Å². The monoisotopic (exact) mass is 720 g/mol. The number of esters is 1. The summed E-state index contributed by atoms with van der Waals surface area (Å²) in [5.41, 5.74) is 1.23. The van der Waals surface area contributed by atoms with Crippen LogP contribution in [-0.4, -0.2) is 47.4 Å². The fraction of sp³-hybridized carbons (Fsp3) is 0.222. The minimum absolute atomic E-state index is 0.00894. The van der Waals surface area contributed by atoms with E-state index in [-0.39, 0.29) is 59.8 Å². The molecule has 0 unspecified atom stereocenters. The maximum Gasteiger partial charge on any atom is 0.357 e. The number of hydrogen-bond acceptors (Lipinski definition) is 7. The van der Waals surface area contributed by atoms with Crippen LogP contribution in [0.4, 0.5) is 0 Å². The number of ether oxygens (including phenoxy) is 1. The van der Waals surface area contributed by atoms with Gasteiger partial charge in [0.1, 0.15) is 22.7 Å². The highest BCUT2D eigenvalue weighted by molar-refractivity contribution is 5.89. The predicted molar refractivity (Wildman–Crippen MR) is 210 cm³/mol. The van der Waals surface area contributed by atoms with Gasteiger partial charge in [0.05, 0.1) is 12.1 Å². The Morgan fingerprint density at radius 1 is 0.778 bits per heavy atom. The molecule has 2 heterocycles. The number of rotatable bonds is 13. The topological polar surface area (TPSA) is 108 Å². The van der Waals surface area contributed by atoms with E-state index in [0.29, 0.717) is 35.6 Å². The maximum atomic E-state index is 13.4. The summed E-state index contributed by atoms with van der Waals surface area (Å²) < 4.78 is 46.2. The van der Waals surface area contributed by atoms with Gasteiger partial charge in [-0.1, -0.05) is 146 Å². The van der Waals surface area contributed by atoms with Crippen LogP contribution in [0.25, 0.3) is 22.5 Å². The van der Waals surface area contributed by atoms with Crippen molar-refractivity contribution in [2.75, 3.05) is 6.61 Å². The molecule has 9 heteroatoms. The summed E-state index contributed by atoms with van der Waals surface area (Å²) in [6.45, 7) is 6.56. The fourth-order valence-corrected chi connectivity index (χ4v) is 7.01. The molecule has 0 bridgehead atoms. The summed E-state index contributed by atoms with van der Waals surface area (Å²) in [6.07, 6.45) is 1.09. The molecule has 0 spiro atoms. The third-order valence-electron chi connectivity index (χ3n) is 9.36. The summed E-state index contributed by atoms with van der Waals surface area (Å²) >= 11 is 0. The van der Waals surface area contributed by atoms with E-state index in [1.807, 2.05) is 110 Å². The van der Waals surface area contributed by atoms with Crippen LogP contribution < -0.4 is 0 Å². The molecule has 7 rings (SSSR count). The summed E-state index contributed by atoms with van der Waals surface area (Å²) in [7, 11) is 0. The second-order valence-electron chi connectivity index (χ2n) is 13.5. The zero-order valence-corrected chi connectivity index (χ0v) is 30.7. The van der Waals surface area contributed by atoms with Crippen molar-refractivity contribution in [1.29, 1.82) is 0 Å². The molecule has 7 aromatic rings. The number of aliphatic hydroxyl groups is 1. The number of nitrogens with zero attached hydrogens (tertiary/aromatic N) is 6. The minimum atomic E-state index is -1.51. The Kier molecular flexibility index (Phi) is 8.95. The summed E-state index contributed by atoms with van der Waals surface area (Å²) in [5, 5.41) is 24.5. The van der Waals surface area contributed by atoms with Crippen molar-refractivity contribution >= 4 is 5.97 Å². The molecule has 9 nitrogen and oxygen atoms in total.